The van der Waals surface area contributed by atoms with Crippen LogP contribution in [0.15, 0.2) is 24.4 Å². The second-order valence-electron chi connectivity index (χ2n) is 10.3. The number of ether oxygens (including phenoxy) is 2. The second-order valence-corrected chi connectivity index (χ2v) is 10.7. The van der Waals surface area contributed by atoms with Crippen molar-refractivity contribution in [1.82, 2.24) is 30.1 Å². The Morgan fingerprint density at radius 2 is 2.05 bits per heavy atom. The molecule has 3 aliphatic rings. The van der Waals surface area contributed by atoms with Crippen molar-refractivity contribution in [1.29, 1.82) is 0 Å². The summed E-state index contributed by atoms with van der Waals surface area (Å²) in [6.45, 7) is 4.35. The number of aromatic nitrogens is 3. The van der Waals surface area contributed by atoms with Gasteiger partial charge in [0.1, 0.15) is 11.4 Å². The molecule has 2 aromatic rings. The van der Waals surface area contributed by atoms with E-state index in [-0.39, 0.29) is 30.6 Å². The SMILES string of the molecule is CN1CCC(CCC(=O)N2C[C@@H]3NC(=O)c4ccc(Cl)c(c4)OCCCn4cc(nn4)CO[C@H]3C2)CC1. The molecule has 0 radical (unpaired) electrons. The lowest BCUT2D eigenvalue weighted by Crippen LogP contribution is -2.44. The molecule has 4 bridgehead atoms. The van der Waals surface area contributed by atoms with Crippen molar-refractivity contribution >= 4 is 23.4 Å². The van der Waals surface area contributed by atoms with Crippen molar-refractivity contribution in [3.8, 4) is 5.75 Å². The van der Waals surface area contributed by atoms with Crippen LogP contribution in [-0.2, 0) is 22.7 Å². The highest BCUT2D eigenvalue weighted by Gasteiger charge is 2.37. The van der Waals surface area contributed by atoms with E-state index >= 15 is 0 Å². The minimum Gasteiger partial charge on any atom is -0.492 e. The van der Waals surface area contributed by atoms with Gasteiger partial charge in [-0.3, -0.25) is 14.3 Å². The van der Waals surface area contributed by atoms with Gasteiger partial charge in [-0.2, -0.15) is 0 Å². The zero-order chi connectivity index (χ0) is 25.8. The fourth-order valence-corrected chi connectivity index (χ4v) is 5.42. The predicted octanol–water partition coefficient (Wildman–Crippen LogP) is 2.36. The highest BCUT2D eigenvalue weighted by Crippen LogP contribution is 2.27. The molecule has 2 saturated heterocycles. The van der Waals surface area contributed by atoms with Crippen LogP contribution >= 0.6 is 11.6 Å². The van der Waals surface area contributed by atoms with Crippen LogP contribution in [0.2, 0.25) is 5.02 Å². The number of hydrogen-bond acceptors (Lipinski definition) is 7. The average Bonchev–Trinajstić information content (AvgIpc) is 3.52. The minimum absolute atomic E-state index is 0.114. The Bertz CT molecular complexity index is 1100. The molecular formula is C26H35ClN6O4. The first-order chi connectivity index (χ1) is 17.9. The van der Waals surface area contributed by atoms with Gasteiger partial charge >= 0.3 is 0 Å². The molecule has 5 rings (SSSR count). The smallest absolute Gasteiger partial charge is 0.251 e. The van der Waals surface area contributed by atoms with Gasteiger partial charge in [-0.25, -0.2) is 0 Å². The van der Waals surface area contributed by atoms with E-state index in [1.54, 1.807) is 22.9 Å². The van der Waals surface area contributed by atoms with E-state index in [0.717, 1.165) is 32.4 Å². The molecule has 200 valence electrons. The lowest BCUT2D eigenvalue weighted by molar-refractivity contribution is -0.131. The van der Waals surface area contributed by atoms with Gasteiger partial charge in [0.2, 0.25) is 5.91 Å². The van der Waals surface area contributed by atoms with E-state index in [1.165, 1.54) is 0 Å². The zero-order valence-corrected chi connectivity index (χ0v) is 22.0. The Hall–Kier alpha value is -2.69. The molecule has 0 aliphatic carbocycles. The maximum Gasteiger partial charge on any atom is 0.251 e. The van der Waals surface area contributed by atoms with Gasteiger partial charge in [-0.15, -0.1) is 5.10 Å². The van der Waals surface area contributed by atoms with E-state index in [1.807, 2.05) is 11.1 Å². The van der Waals surface area contributed by atoms with Crippen LogP contribution in [0.1, 0.15) is 48.2 Å². The largest absolute Gasteiger partial charge is 0.492 e. The topological polar surface area (TPSA) is 102 Å². The van der Waals surface area contributed by atoms with E-state index in [2.05, 4.69) is 27.6 Å². The summed E-state index contributed by atoms with van der Waals surface area (Å²) in [5.41, 5.74) is 1.16. The first kappa shape index (κ1) is 25.9. The summed E-state index contributed by atoms with van der Waals surface area (Å²) in [5, 5.41) is 11.9. The highest BCUT2D eigenvalue weighted by atomic mass is 35.5. The van der Waals surface area contributed by atoms with Crippen molar-refractivity contribution in [2.24, 2.45) is 5.92 Å². The molecule has 2 amide bonds. The van der Waals surface area contributed by atoms with Crippen LogP contribution in [0.25, 0.3) is 0 Å². The summed E-state index contributed by atoms with van der Waals surface area (Å²) in [4.78, 5) is 30.5. The van der Waals surface area contributed by atoms with Crippen molar-refractivity contribution in [2.45, 2.75) is 57.4 Å². The third-order valence-corrected chi connectivity index (χ3v) is 7.87. The molecule has 3 aliphatic heterocycles. The fourth-order valence-electron chi connectivity index (χ4n) is 5.24. The normalized spacial score (nSPS) is 23.8. The number of fused-ring (bicyclic) bond motifs is 5. The van der Waals surface area contributed by atoms with Gasteiger partial charge in [0.25, 0.3) is 5.91 Å². The molecule has 4 heterocycles. The van der Waals surface area contributed by atoms with Crippen LogP contribution < -0.4 is 10.1 Å². The van der Waals surface area contributed by atoms with Crippen molar-refractivity contribution in [2.75, 3.05) is 39.8 Å². The van der Waals surface area contributed by atoms with Crippen LogP contribution in [0.3, 0.4) is 0 Å². The Morgan fingerprint density at radius 3 is 2.89 bits per heavy atom. The van der Waals surface area contributed by atoms with Crippen LogP contribution in [0, 0.1) is 5.92 Å². The summed E-state index contributed by atoms with van der Waals surface area (Å²) in [6.07, 6.45) is 5.92. The van der Waals surface area contributed by atoms with Gasteiger partial charge in [0, 0.05) is 38.0 Å². The monoisotopic (exact) mass is 530 g/mol. The van der Waals surface area contributed by atoms with Gasteiger partial charge < -0.3 is 24.6 Å². The lowest BCUT2D eigenvalue weighted by Gasteiger charge is -2.29. The lowest BCUT2D eigenvalue weighted by atomic mass is 9.92. The molecule has 0 unspecified atom stereocenters. The molecule has 37 heavy (non-hydrogen) atoms. The number of nitrogens with zero attached hydrogens (tertiary/aromatic N) is 5. The van der Waals surface area contributed by atoms with Crippen molar-refractivity contribution < 1.29 is 19.1 Å². The summed E-state index contributed by atoms with van der Waals surface area (Å²) in [6, 6.07) is 4.66. The van der Waals surface area contributed by atoms with E-state index in [0.29, 0.717) is 67.0 Å². The Morgan fingerprint density at radius 1 is 1.22 bits per heavy atom. The molecule has 1 N–H and O–H groups in total. The summed E-state index contributed by atoms with van der Waals surface area (Å²) < 4.78 is 13.8. The molecule has 1 aromatic carbocycles. The number of rotatable bonds is 3. The minimum atomic E-state index is -0.350. The van der Waals surface area contributed by atoms with E-state index < -0.39 is 0 Å². The molecule has 2 fully saturated rings. The number of amides is 2. The number of carbonyl (C=O) groups excluding carboxylic acids is 2. The number of hydrogen-bond donors (Lipinski definition) is 1. The average molecular weight is 531 g/mol. The Balaban J connectivity index is 1.28. The number of piperidine rings is 1. The van der Waals surface area contributed by atoms with E-state index in [4.69, 9.17) is 21.1 Å². The number of benzene rings is 1. The number of likely N-dealkylation sites (tertiary alicyclic amines) is 2. The maximum absolute atomic E-state index is 13.2. The first-order valence-corrected chi connectivity index (χ1v) is 13.5. The molecule has 1 aromatic heterocycles. The number of carbonyl (C=O) groups is 2. The molecule has 11 heteroatoms. The number of aryl methyl sites for hydroxylation is 1. The highest BCUT2D eigenvalue weighted by molar-refractivity contribution is 6.32. The summed E-state index contributed by atoms with van der Waals surface area (Å²) >= 11 is 6.30. The third-order valence-electron chi connectivity index (χ3n) is 7.55. The van der Waals surface area contributed by atoms with Crippen molar-refractivity contribution in [3.63, 3.8) is 0 Å². The maximum atomic E-state index is 13.2. The molecular weight excluding hydrogens is 496 g/mol. The standard InChI is InChI=1S/C26H35ClN6O4/c1-31-10-7-18(8-11-31)3-6-25(34)32-15-22-24(16-32)37-17-20-14-33(30-29-20)9-2-12-36-23-13-19(26(35)28-22)4-5-21(23)27/h4-5,13-14,18,22,24H,2-3,6-12,15-17H2,1H3,(H,28,35)/t22-,24-/m0/s1. The first-order valence-electron chi connectivity index (χ1n) is 13.1. The molecule has 0 saturated carbocycles. The summed E-state index contributed by atoms with van der Waals surface area (Å²) in [7, 11) is 2.15. The van der Waals surface area contributed by atoms with Crippen LogP contribution in [0.5, 0.6) is 5.75 Å². The molecule has 2 atom stereocenters. The number of nitrogens with one attached hydrogen (secondary N) is 1. The van der Waals surface area contributed by atoms with E-state index in [9.17, 15) is 9.59 Å². The van der Waals surface area contributed by atoms with Gasteiger partial charge in [0.15, 0.2) is 0 Å². The van der Waals surface area contributed by atoms with Gasteiger partial charge in [-0.1, -0.05) is 16.8 Å². The molecule has 0 spiro atoms. The van der Waals surface area contributed by atoms with Crippen LogP contribution in [0.4, 0.5) is 0 Å². The Kier molecular flexibility index (Phi) is 8.26. The molecule has 10 nitrogen and oxygen atoms in total. The Labute approximate surface area is 222 Å². The second kappa shape index (κ2) is 11.8. The number of halogens is 1. The quantitative estimate of drug-likeness (QED) is 0.650. The van der Waals surface area contributed by atoms with Gasteiger partial charge in [-0.05, 0) is 63.5 Å². The van der Waals surface area contributed by atoms with Gasteiger partial charge in [0.05, 0.1) is 36.6 Å². The van der Waals surface area contributed by atoms with Crippen LogP contribution in [-0.4, -0.2) is 88.6 Å². The fraction of sp³-hybridized carbons (Fsp3) is 0.615. The van der Waals surface area contributed by atoms with Crippen molar-refractivity contribution in [3.05, 3.63) is 40.7 Å². The summed E-state index contributed by atoms with van der Waals surface area (Å²) in [5.74, 6) is 0.921. The zero-order valence-electron chi connectivity index (χ0n) is 21.3. The third kappa shape index (κ3) is 6.61. The predicted molar refractivity (Wildman–Crippen MR) is 137 cm³/mol.